The maximum Gasteiger partial charge on any atom is 0.123 e. The highest BCUT2D eigenvalue weighted by molar-refractivity contribution is 5.36. The van der Waals surface area contributed by atoms with E-state index in [4.69, 9.17) is 10.5 Å². The molecule has 1 aromatic carbocycles. The number of benzene rings is 1. The summed E-state index contributed by atoms with van der Waals surface area (Å²) in [5.41, 5.74) is 6.87. The van der Waals surface area contributed by atoms with Crippen LogP contribution >= 0.6 is 0 Å². The van der Waals surface area contributed by atoms with E-state index in [9.17, 15) is 4.39 Å². The lowest BCUT2D eigenvalue weighted by Crippen LogP contribution is -2.19. The topological polar surface area (TPSA) is 35.2 Å². The molecule has 0 aliphatic rings. The van der Waals surface area contributed by atoms with Crippen molar-refractivity contribution in [1.29, 1.82) is 0 Å². The van der Waals surface area contributed by atoms with Crippen molar-refractivity contribution in [2.24, 2.45) is 5.73 Å². The van der Waals surface area contributed by atoms with Gasteiger partial charge in [0.1, 0.15) is 11.6 Å². The van der Waals surface area contributed by atoms with E-state index >= 15 is 0 Å². The van der Waals surface area contributed by atoms with Crippen LogP contribution in [0.25, 0.3) is 0 Å². The summed E-state index contributed by atoms with van der Waals surface area (Å²) in [4.78, 5) is 0. The Balaban J connectivity index is 2.76. The second-order valence-corrected chi connectivity index (χ2v) is 4.76. The SMILES string of the molecule is CCOc1ccc(F)cc1C(C)CCC(N)CC. The minimum Gasteiger partial charge on any atom is -0.494 e. The van der Waals surface area contributed by atoms with Crippen LogP contribution < -0.4 is 10.5 Å². The summed E-state index contributed by atoms with van der Waals surface area (Å²) in [5.74, 6) is 0.844. The highest BCUT2D eigenvalue weighted by atomic mass is 19.1. The van der Waals surface area contributed by atoms with Crippen molar-refractivity contribution in [2.45, 2.75) is 52.0 Å². The minimum atomic E-state index is -0.208. The summed E-state index contributed by atoms with van der Waals surface area (Å²) in [6, 6.07) is 4.97. The van der Waals surface area contributed by atoms with Crippen LogP contribution in [0.2, 0.25) is 0 Å². The van der Waals surface area contributed by atoms with Crippen molar-refractivity contribution in [3.63, 3.8) is 0 Å². The fourth-order valence-electron chi connectivity index (χ4n) is 2.02. The predicted octanol–water partition coefficient (Wildman–Crippen LogP) is 3.85. The van der Waals surface area contributed by atoms with Gasteiger partial charge in [-0.15, -0.1) is 0 Å². The van der Waals surface area contributed by atoms with Crippen LogP contribution in [0.5, 0.6) is 5.75 Å². The van der Waals surface area contributed by atoms with E-state index in [0.717, 1.165) is 30.6 Å². The van der Waals surface area contributed by atoms with E-state index in [2.05, 4.69) is 13.8 Å². The van der Waals surface area contributed by atoms with Gasteiger partial charge in [0.05, 0.1) is 6.61 Å². The summed E-state index contributed by atoms with van der Waals surface area (Å²) >= 11 is 0. The van der Waals surface area contributed by atoms with Gasteiger partial charge in [0.2, 0.25) is 0 Å². The lowest BCUT2D eigenvalue weighted by molar-refractivity contribution is 0.332. The zero-order chi connectivity index (χ0) is 13.5. The van der Waals surface area contributed by atoms with Crippen molar-refractivity contribution in [2.75, 3.05) is 6.61 Å². The molecule has 0 aliphatic carbocycles. The number of nitrogens with two attached hydrogens (primary N) is 1. The number of hydrogen-bond donors (Lipinski definition) is 1. The summed E-state index contributed by atoms with van der Waals surface area (Å²) in [7, 11) is 0. The van der Waals surface area contributed by atoms with Crippen molar-refractivity contribution in [3.8, 4) is 5.75 Å². The van der Waals surface area contributed by atoms with E-state index in [-0.39, 0.29) is 17.8 Å². The number of halogens is 1. The lowest BCUT2D eigenvalue weighted by Gasteiger charge is -2.18. The predicted molar refractivity (Wildman–Crippen MR) is 73.5 cm³/mol. The Hall–Kier alpha value is -1.09. The Morgan fingerprint density at radius 1 is 1.28 bits per heavy atom. The first-order valence-electron chi connectivity index (χ1n) is 6.76. The zero-order valence-corrected chi connectivity index (χ0v) is 11.6. The third kappa shape index (κ3) is 4.30. The summed E-state index contributed by atoms with van der Waals surface area (Å²) < 4.78 is 18.9. The molecule has 0 aliphatic heterocycles. The molecule has 0 heterocycles. The van der Waals surface area contributed by atoms with E-state index in [0.29, 0.717) is 6.61 Å². The molecule has 0 fully saturated rings. The summed E-state index contributed by atoms with van der Waals surface area (Å²) in [6.45, 7) is 6.72. The van der Waals surface area contributed by atoms with Crippen molar-refractivity contribution < 1.29 is 9.13 Å². The zero-order valence-electron chi connectivity index (χ0n) is 11.6. The average Bonchev–Trinajstić information content (AvgIpc) is 2.37. The van der Waals surface area contributed by atoms with Crippen molar-refractivity contribution in [1.82, 2.24) is 0 Å². The molecular weight excluding hydrogens is 229 g/mol. The molecule has 0 amide bonds. The number of ether oxygens (including phenoxy) is 1. The lowest BCUT2D eigenvalue weighted by atomic mass is 9.93. The maximum absolute atomic E-state index is 13.3. The fourth-order valence-corrected chi connectivity index (χ4v) is 2.02. The van der Waals surface area contributed by atoms with Gasteiger partial charge in [0.15, 0.2) is 0 Å². The fraction of sp³-hybridized carbons (Fsp3) is 0.600. The van der Waals surface area contributed by atoms with E-state index in [1.165, 1.54) is 6.07 Å². The number of hydrogen-bond acceptors (Lipinski definition) is 2. The van der Waals surface area contributed by atoms with E-state index < -0.39 is 0 Å². The van der Waals surface area contributed by atoms with Gasteiger partial charge in [-0.1, -0.05) is 13.8 Å². The van der Waals surface area contributed by atoms with Gasteiger partial charge in [-0.05, 0) is 55.9 Å². The normalized spacial score (nSPS) is 14.3. The Labute approximate surface area is 109 Å². The quantitative estimate of drug-likeness (QED) is 0.801. The van der Waals surface area contributed by atoms with Crippen molar-refractivity contribution >= 4 is 0 Å². The monoisotopic (exact) mass is 253 g/mol. The first-order valence-corrected chi connectivity index (χ1v) is 6.76. The minimum absolute atomic E-state index is 0.208. The van der Waals surface area contributed by atoms with Crippen molar-refractivity contribution in [3.05, 3.63) is 29.6 Å². The molecule has 2 atom stereocenters. The maximum atomic E-state index is 13.3. The van der Waals surface area contributed by atoms with Gasteiger partial charge in [-0.3, -0.25) is 0 Å². The van der Waals surface area contributed by atoms with Gasteiger partial charge in [0, 0.05) is 6.04 Å². The second kappa shape index (κ2) is 7.37. The molecule has 102 valence electrons. The standard InChI is InChI=1S/C15H24FNO/c1-4-13(17)8-6-11(3)14-10-12(16)7-9-15(14)18-5-2/h7,9-11,13H,4-6,8,17H2,1-3H3. The van der Waals surface area contributed by atoms with Crippen LogP contribution in [0.1, 0.15) is 51.5 Å². The molecular formula is C15H24FNO. The highest BCUT2D eigenvalue weighted by Gasteiger charge is 2.14. The second-order valence-electron chi connectivity index (χ2n) is 4.76. The van der Waals surface area contributed by atoms with Crippen LogP contribution in [0.15, 0.2) is 18.2 Å². The molecule has 0 saturated carbocycles. The summed E-state index contributed by atoms with van der Waals surface area (Å²) in [5, 5.41) is 0. The largest absolute Gasteiger partial charge is 0.494 e. The molecule has 0 bridgehead atoms. The Morgan fingerprint density at radius 3 is 2.61 bits per heavy atom. The Bertz CT molecular complexity index is 368. The Kier molecular flexibility index (Phi) is 6.13. The van der Waals surface area contributed by atoms with Crippen LogP contribution in [0.4, 0.5) is 4.39 Å². The highest BCUT2D eigenvalue weighted by Crippen LogP contribution is 2.30. The van der Waals surface area contributed by atoms with Crippen LogP contribution in [-0.4, -0.2) is 12.6 Å². The molecule has 0 spiro atoms. The van der Waals surface area contributed by atoms with E-state index in [1.807, 2.05) is 6.92 Å². The average molecular weight is 253 g/mol. The molecule has 1 aromatic rings. The molecule has 0 radical (unpaired) electrons. The molecule has 1 rings (SSSR count). The van der Waals surface area contributed by atoms with Gasteiger partial charge in [-0.2, -0.15) is 0 Å². The molecule has 0 aromatic heterocycles. The smallest absolute Gasteiger partial charge is 0.123 e. The molecule has 2 nitrogen and oxygen atoms in total. The molecule has 0 saturated heterocycles. The number of rotatable bonds is 7. The van der Waals surface area contributed by atoms with Gasteiger partial charge in [-0.25, -0.2) is 4.39 Å². The molecule has 2 unspecified atom stereocenters. The van der Waals surface area contributed by atoms with Gasteiger partial charge < -0.3 is 10.5 Å². The first-order chi connectivity index (χ1) is 8.58. The molecule has 2 N–H and O–H groups in total. The third-order valence-corrected chi connectivity index (χ3v) is 3.30. The van der Waals surface area contributed by atoms with Gasteiger partial charge >= 0.3 is 0 Å². The van der Waals surface area contributed by atoms with Gasteiger partial charge in [0.25, 0.3) is 0 Å². The molecule has 3 heteroatoms. The van der Waals surface area contributed by atoms with Crippen LogP contribution in [0.3, 0.4) is 0 Å². The summed E-state index contributed by atoms with van der Waals surface area (Å²) in [6.07, 6.45) is 2.90. The molecule has 18 heavy (non-hydrogen) atoms. The first kappa shape index (κ1) is 15.0. The third-order valence-electron chi connectivity index (χ3n) is 3.30. The van der Waals surface area contributed by atoms with E-state index in [1.54, 1.807) is 12.1 Å². The van der Waals surface area contributed by atoms with Crippen LogP contribution in [-0.2, 0) is 0 Å². The van der Waals surface area contributed by atoms with Crippen LogP contribution in [0, 0.1) is 5.82 Å². The Morgan fingerprint density at radius 2 is 2.00 bits per heavy atom.